The number of nitrogens with one attached hydrogen (secondary N) is 2. The number of hydrogen-bond acceptors (Lipinski definition) is 6. The lowest BCUT2D eigenvalue weighted by atomic mass is 9.78. The summed E-state index contributed by atoms with van der Waals surface area (Å²) in [5.41, 5.74) is 1.41. The van der Waals surface area contributed by atoms with Crippen molar-refractivity contribution in [2.75, 3.05) is 19.6 Å². The molecule has 4 heterocycles. The van der Waals surface area contributed by atoms with Crippen LogP contribution in [0.2, 0.25) is 0 Å². The monoisotopic (exact) mass is 526 g/mol. The predicted octanol–water partition coefficient (Wildman–Crippen LogP) is 2.70. The molecule has 0 bridgehead atoms. The third kappa shape index (κ3) is 4.77. The molecule has 2 N–H and O–H groups in total. The molecule has 1 aromatic carbocycles. The number of rotatable bonds is 5. The molecule has 9 heteroatoms. The minimum Gasteiger partial charge on any atom is -0.375 e. The number of amides is 3. The molecule has 6 rings (SSSR count). The highest BCUT2D eigenvalue weighted by Gasteiger charge is 2.43. The van der Waals surface area contributed by atoms with Gasteiger partial charge in [0, 0.05) is 36.2 Å². The number of benzene rings is 1. The Morgan fingerprint density at radius 1 is 1.03 bits per heavy atom. The standard InChI is InChI=1S/C29H39FN4O4/c1-16-14-33(18-12-20(13-18)38-19-7-9-31-17(2)11-19)10-8-21(16)22-3-4-23-24(27(22)30)15-34(29(23)37)25-5-6-26(35)32-28(25)36/h3-4,16-21,25,31H,5-15H2,1-2H3,(H,32,35,36)/t16-,17+,18?,19+,20?,21+,25?/m0/s1. The van der Waals surface area contributed by atoms with Crippen molar-refractivity contribution in [1.29, 1.82) is 0 Å². The average Bonchev–Trinajstić information content (AvgIpc) is 3.19. The van der Waals surface area contributed by atoms with E-state index in [9.17, 15) is 14.4 Å². The summed E-state index contributed by atoms with van der Waals surface area (Å²) in [6.07, 6.45) is 6.44. The Labute approximate surface area is 223 Å². The maximum atomic E-state index is 15.9. The Kier molecular flexibility index (Phi) is 7.03. The maximum Gasteiger partial charge on any atom is 0.255 e. The number of ether oxygens (including phenoxy) is 1. The molecular formula is C29H39FN4O4. The van der Waals surface area contributed by atoms with Crippen LogP contribution in [0.4, 0.5) is 4.39 Å². The topological polar surface area (TPSA) is 91.0 Å². The van der Waals surface area contributed by atoms with Gasteiger partial charge in [-0.3, -0.25) is 24.6 Å². The van der Waals surface area contributed by atoms with Crippen LogP contribution in [-0.4, -0.2) is 77.5 Å². The molecule has 0 aromatic heterocycles. The van der Waals surface area contributed by atoms with E-state index in [1.54, 1.807) is 12.1 Å². The highest BCUT2D eigenvalue weighted by Crippen LogP contribution is 2.41. The minimum absolute atomic E-state index is 0.0760. The van der Waals surface area contributed by atoms with Crippen LogP contribution in [0.5, 0.6) is 0 Å². The number of fused-ring (bicyclic) bond motifs is 1. The first kappa shape index (κ1) is 25.9. The van der Waals surface area contributed by atoms with Gasteiger partial charge in [-0.1, -0.05) is 13.0 Å². The lowest BCUT2D eigenvalue weighted by molar-refractivity contribution is -0.136. The van der Waals surface area contributed by atoms with E-state index in [0.717, 1.165) is 51.7 Å². The van der Waals surface area contributed by atoms with Gasteiger partial charge in [-0.15, -0.1) is 0 Å². The predicted molar refractivity (Wildman–Crippen MR) is 139 cm³/mol. The van der Waals surface area contributed by atoms with Gasteiger partial charge in [0.15, 0.2) is 0 Å². The van der Waals surface area contributed by atoms with Crippen LogP contribution in [0.1, 0.15) is 86.2 Å². The van der Waals surface area contributed by atoms with Crippen molar-refractivity contribution in [3.63, 3.8) is 0 Å². The van der Waals surface area contributed by atoms with Gasteiger partial charge in [-0.25, -0.2) is 4.39 Å². The number of piperidine rings is 3. The molecule has 5 atom stereocenters. The Bertz CT molecular complexity index is 1120. The van der Waals surface area contributed by atoms with Crippen LogP contribution in [0.25, 0.3) is 0 Å². The smallest absolute Gasteiger partial charge is 0.255 e. The first-order valence-electron chi connectivity index (χ1n) is 14.4. The van der Waals surface area contributed by atoms with E-state index in [1.807, 2.05) is 0 Å². The molecular weight excluding hydrogens is 487 g/mol. The Hall–Kier alpha value is -2.36. The summed E-state index contributed by atoms with van der Waals surface area (Å²) in [6, 6.07) is 3.86. The van der Waals surface area contributed by atoms with Crippen LogP contribution in [0.3, 0.4) is 0 Å². The van der Waals surface area contributed by atoms with Crippen LogP contribution in [-0.2, 0) is 20.9 Å². The first-order valence-corrected chi connectivity index (χ1v) is 14.4. The number of halogens is 1. The molecule has 1 aliphatic carbocycles. The van der Waals surface area contributed by atoms with Crippen LogP contribution >= 0.6 is 0 Å². The third-order valence-electron chi connectivity index (χ3n) is 9.56. The van der Waals surface area contributed by atoms with Gasteiger partial charge in [0.25, 0.3) is 5.91 Å². The van der Waals surface area contributed by atoms with Crippen molar-refractivity contribution in [3.05, 3.63) is 34.6 Å². The summed E-state index contributed by atoms with van der Waals surface area (Å²) < 4.78 is 22.2. The van der Waals surface area contributed by atoms with Gasteiger partial charge in [-0.2, -0.15) is 0 Å². The van der Waals surface area contributed by atoms with E-state index in [4.69, 9.17) is 4.74 Å². The van der Waals surface area contributed by atoms with Gasteiger partial charge >= 0.3 is 0 Å². The van der Waals surface area contributed by atoms with Crippen molar-refractivity contribution in [1.82, 2.24) is 20.4 Å². The zero-order chi connectivity index (χ0) is 26.6. The Balaban J connectivity index is 1.06. The molecule has 0 spiro atoms. The summed E-state index contributed by atoms with van der Waals surface area (Å²) in [7, 11) is 0. The van der Waals surface area contributed by atoms with E-state index >= 15 is 4.39 Å². The van der Waals surface area contributed by atoms with Crippen molar-refractivity contribution in [2.24, 2.45) is 5.92 Å². The Morgan fingerprint density at radius 2 is 1.84 bits per heavy atom. The van der Waals surface area contributed by atoms with Crippen molar-refractivity contribution in [2.45, 2.75) is 102 Å². The fourth-order valence-electron chi connectivity index (χ4n) is 7.31. The quantitative estimate of drug-likeness (QED) is 0.574. The normalized spacial score (nSPS) is 36.1. The minimum atomic E-state index is -0.730. The van der Waals surface area contributed by atoms with E-state index in [0.29, 0.717) is 46.9 Å². The van der Waals surface area contributed by atoms with Crippen LogP contribution < -0.4 is 10.6 Å². The highest BCUT2D eigenvalue weighted by atomic mass is 19.1. The fourth-order valence-corrected chi connectivity index (χ4v) is 7.31. The Morgan fingerprint density at radius 3 is 2.58 bits per heavy atom. The number of carbonyl (C=O) groups is 3. The van der Waals surface area contributed by atoms with Crippen LogP contribution in [0.15, 0.2) is 12.1 Å². The lowest BCUT2D eigenvalue weighted by Gasteiger charge is -2.48. The highest BCUT2D eigenvalue weighted by molar-refractivity contribution is 6.05. The van der Waals surface area contributed by atoms with Crippen molar-refractivity contribution in [3.8, 4) is 0 Å². The second-order valence-corrected chi connectivity index (χ2v) is 12.1. The number of likely N-dealkylation sites (tertiary alicyclic amines) is 1. The second kappa shape index (κ2) is 10.3. The zero-order valence-corrected chi connectivity index (χ0v) is 22.4. The van der Waals surface area contributed by atoms with Gasteiger partial charge in [0.05, 0.1) is 18.8 Å². The molecule has 0 radical (unpaired) electrons. The summed E-state index contributed by atoms with van der Waals surface area (Å²) in [6.45, 7) is 7.41. The lowest BCUT2D eigenvalue weighted by Crippen LogP contribution is -2.53. The summed E-state index contributed by atoms with van der Waals surface area (Å²) in [4.78, 5) is 40.9. The fraction of sp³-hybridized carbons (Fsp3) is 0.690. The SMILES string of the molecule is C[C@@H]1C[C@H](OC2CC(N3CC[C@@H](c4ccc5c(c4F)CN(C4CCC(=O)NC4=O)C5=O)[C@@H](C)C3)C2)CCN1. The van der Waals surface area contributed by atoms with Gasteiger partial charge in [0.2, 0.25) is 11.8 Å². The van der Waals surface area contributed by atoms with Crippen molar-refractivity contribution < 1.29 is 23.5 Å². The average molecular weight is 527 g/mol. The van der Waals surface area contributed by atoms with Crippen molar-refractivity contribution >= 4 is 17.7 Å². The second-order valence-electron chi connectivity index (χ2n) is 12.1. The summed E-state index contributed by atoms with van der Waals surface area (Å²) >= 11 is 0. The number of nitrogens with zero attached hydrogens (tertiary/aromatic N) is 2. The molecule has 5 aliphatic rings. The number of carbonyl (C=O) groups excluding carboxylic acids is 3. The molecule has 3 amide bonds. The van der Waals surface area contributed by atoms with Crippen LogP contribution in [0, 0.1) is 11.7 Å². The molecule has 4 fully saturated rings. The largest absolute Gasteiger partial charge is 0.375 e. The van der Waals surface area contributed by atoms with E-state index in [-0.39, 0.29) is 42.9 Å². The van der Waals surface area contributed by atoms with Gasteiger partial charge in [0.1, 0.15) is 11.9 Å². The molecule has 1 saturated carbocycles. The molecule has 8 nitrogen and oxygen atoms in total. The van der Waals surface area contributed by atoms with E-state index < -0.39 is 11.9 Å². The van der Waals surface area contributed by atoms with Gasteiger partial charge in [-0.05, 0) is 82.0 Å². The molecule has 3 saturated heterocycles. The van der Waals surface area contributed by atoms with Gasteiger partial charge < -0.3 is 15.0 Å². The summed E-state index contributed by atoms with van der Waals surface area (Å²) in [5, 5.41) is 5.79. The number of hydrogen-bond donors (Lipinski definition) is 2. The molecule has 1 aromatic rings. The summed E-state index contributed by atoms with van der Waals surface area (Å²) in [5.74, 6) is -1.04. The maximum absolute atomic E-state index is 15.9. The van der Waals surface area contributed by atoms with E-state index in [2.05, 4.69) is 29.4 Å². The molecule has 1 unspecified atom stereocenters. The molecule has 4 aliphatic heterocycles. The van der Waals surface area contributed by atoms with E-state index in [1.165, 1.54) is 4.90 Å². The number of imide groups is 1. The first-order chi connectivity index (χ1) is 18.3. The molecule has 206 valence electrons. The molecule has 38 heavy (non-hydrogen) atoms. The third-order valence-corrected chi connectivity index (χ3v) is 9.56. The zero-order valence-electron chi connectivity index (χ0n) is 22.4.